The van der Waals surface area contributed by atoms with Crippen molar-refractivity contribution >= 4 is 10.0 Å². The maximum atomic E-state index is 11.4. The van der Waals surface area contributed by atoms with Crippen molar-refractivity contribution in [2.75, 3.05) is 6.54 Å². The van der Waals surface area contributed by atoms with Crippen molar-refractivity contribution in [3.05, 3.63) is 35.4 Å². The van der Waals surface area contributed by atoms with Crippen LogP contribution in [-0.2, 0) is 10.0 Å². The molecule has 2 unspecified atom stereocenters. The van der Waals surface area contributed by atoms with Crippen molar-refractivity contribution in [1.82, 2.24) is 5.32 Å². The van der Waals surface area contributed by atoms with E-state index in [2.05, 4.69) is 29.6 Å². The molecular formula is C15H22N2O2S. The van der Waals surface area contributed by atoms with E-state index in [1.165, 1.54) is 30.4 Å². The summed E-state index contributed by atoms with van der Waals surface area (Å²) in [5, 5.41) is 8.18. The molecule has 1 aromatic carbocycles. The Labute approximate surface area is 120 Å². The minimum absolute atomic E-state index is 0.268. The molecule has 110 valence electrons. The number of sulfonamides is 1. The summed E-state index contributed by atoms with van der Waals surface area (Å²) < 4.78 is 22.8. The molecule has 4 nitrogen and oxygen atoms in total. The molecule has 1 saturated carbocycles. The first kappa shape index (κ1) is 14.0. The summed E-state index contributed by atoms with van der Waals surface area (Å²) in [4.78, 5) is 0. The van der Waals surface area contributed by atoms with Gasteiger partial charge in [0.25, 0.3) is 0 Å². The Morgan fingerprint density at radius 3 is 2.25 bits per heavy atom. The van der Waals surface area contributed by atoms with Crippen LogP contribution in [0.5, 0.6) is 0 Å². The topological polar surface area (TPSA) is 72.2 Å². The zero-order valence-electron chi connectivity index (χ0n) is 11.6. The lowest BCUT2D eigenvalue weighted by molar-refractivity contribution is 0.386. The molecule has 1 aliphatic heterocycles. The zero-order valence-corrected chi connectivity index (χ0v) is 12.4. The highest BCUT2D eigenvalue weighted by Crippen LogP contribution is 2.40. The van der Waals surface area contributed by atoms with Gasteiger partial charge in [-0.2, -0.15) is 0 Å². The average Bonchev–Trinajstić information content (AvgIpc) is 2.37. The first-order valence-corrected chi connectivity index (χ1v) is 9.00. The van der Waals surface area contributed by atoms with E-state index in [1.54, 1.807) is 0 Å². The predicted molar refractivity (Wildman–Crippen MR) is 79.9 cm³/mol. The summed E-state index contributed by atoms with van der Waals surface area (Å²) in [6.45, 7) is 0.461. The fraction of sp³-hybridized carbons (Fsp3) is 0.600. The first-order valence-electron chi connectivity index (χ1n) is 7.39. The van der Waals surface area contributed by atoms with E-state index in [1.807, 2.05) is 0 Å². The smallest absolute Gasteiger partial charge is 0.213 e. The lowest BCUT2D eigenvalue weighted by Gasteiger charge is -2.34. The Bertz CT molecular complexity index is 573. The molecular weight excluding hydrogens is 272 g/mol. The Morgan fingerprint density at radius 1 is 1.05 bits per heavy atom. The van der Waals surface area contributed by atoms with E-state index in [0.717, 1.165) is 6.42 Å². The van der Waals surface area contributed by atoms with Crippen LogP contribution in [0.3, 0.4) is 0 Å². The molecule has 2 atom stereocenters. The van der Waals surface area contributed by atoms with Crippen molar-refractivity contribution < 1.29 is 8.42 Å². The number of primary sulfonamides is 1. The molecule has 1 aromatic rings. The van der Waals surface area contributed by atoms with E-state index >= 15 is 0 Å². The van der Waals surface area contributed by atoms with E-state index < -0.39 is 15.3 Å². The van der Waals surface area contributed by atoms with Crippen LogP contribution in [0.2, 0.25) is 0 Å². The molecule has 3 N–H and O–H groups in total. The Balaban J connectivity index is 1.75. The maximum Gasteiger partial charge on any atom is 0.213 e. The summed E-state index contributed by atoms with van der Waals surface area (Å²) in [6.07, 6.45) is 5.37. The highest BCUT2D eigenvalue weighted by atomic mass is 32.2. The molecule has 2 fully saturated rings. The minimum atomic E-state index is -3.41. The number of hydrogen-bond donors (Lipinski definition) is 2. The van der Waals surface area contributed by atoms with Gasteiger partial charge in [0.15, 0.2) is 0 Å². The summed E-state index contributed by atoms with van der Waals surface area (Å²) in [5.41, 5.74) is 2.80. The fourth-order valence-corrected chi connectivity index (χ4v) is 4.09. The summed E-state index contributed by atoms with van der Waals surface area (Å²) >= 11 is 0. The van der Waals surface area contributed by atoms with Gasteiger partial charge in [0, 0.05) is 12.6 Å². The number of piperidine rings is 1. The monoisotopic (exact) mass is 294 g/mol. The van der Waals surface area contributed by atoms with Crippen molar-refractivity contribution in [2.24, 2.45) is 5.14 Å². The largest absolute Gasteiger partial charge is 0.309 e. The third-order valence-electron chi connectivity index (χ3n) is 4.75. The van der Waals surface area contributed by atoms with Crippen LogP contribution in [0.25, 0.3) is 0 Å². The third kappa shape index (κ3) is 2.75. The van der Waals surface area contributed by atoms with Gasteiger partial charge < -0.3 is 5.32 Å². The van der Waals surface area contributed by atoms with Gasteiger partial charge in [0.1, 0.15) is 0 Å². The van der Waals surface area contributed by atoms with Gasteiger partial charge in [0.2, 0.25) is 10.0 Å². The second-order valence-electron chi connectivity index (χ2n) is 6.01. The lowest BCUT2D eigenvalue weighted by Crippen LogP contribution is -2.43. The molecule has 1 heterocycles. The van der Waals surface area contributed by atoms with Gasteiger partial charge in [-0.1, -0.05) is 30.7 Å². The van der Waals surface area contributed by atoms with E-state index in [4.69, 9.17) is 5.14 Å². The van der Waals surface area contributed by atoms with Crippen LogP contribution in [0.4, 0.5) is 0 Å². The van der Waals surface area contributed by atoms with Gasteiger partial charge in [-0.15, -0.1) is 0 Å². The molecule has 1 saturated heterocycles. The number of nitrogens with two attached hydrogens (primary N) is 1. The predicted octanol–water partition coefficient (Wildman–Crippen LogP) is 2.04. The van der Waals surface area contributed by atoms with Crippen LogP contribution in [0.1, 0.15) is 55.2 Å². The molecule has 5 heteroatoms. The number of benzene rings is 1. The van der Waals surface area contributed by atoms with Crippen LogP contribution in [0, 0.1) is 0 Å². The number of rotatable bonds is 3. The maximum absolute atomic E-state index is 11.4. The molecule has 2 aliphatic rings. The zero-order chi connectivity index (χ0) is 14.2. The van der Waals surface area contributed by atoms with Gasteiger partial charge in [-0.25, -0.2) is 13.6 Å². The van der Waals surface area contributed by atoms with Crippen molar-refractivity contribution in [2.45, 2.75) is 49.3 Å². The first-order chi connectivity index (χ1) is 9.55. The van der Waals surface area contributed by atoms with Gasteiger partial charge in [-0.3, -0.25) is 0 Å². The van der Waals surface area contributed by atoms with Crippen molar-refractivity contribution in [3.63, 3.8) is 0 Å². The van der Waals surface area contributed by atoms with E-state index in [0.29, 0.717) is 18.9 Å². The van der Waals surface area contributed by atoms with Gasteiger partial charge in [-0.05, 0) is 42.7 Å². The lowest BCUT2D eigenvalue weighted by atomic mass is 9.76. The molecule has 1 aliphatic carbocycles. The van der Waals surface area contributed by atoms with Crippen molar-refractivity contribution in [1.29, 1.82) is 0 Å². The Hall–Kier alpha value is -0.910. The fourth-order valence-electron chi connectivity index (χ4n) is 3.30. The normalized spacial score (nSPS) is 28.1. The average molecular weight is 294 g/mol. The quantitative estimate of drug-likeness (QED) is 0.896. The van der Waals surface area contributed by atoms with Crippen LogP contribution >= 0.6 is 0 Å². The third-order valence-corrected chi connectivity index (χ3v) is 6.08. The molecule has 0 bridgehead atoms. The summed E-state index contributed by atoms with van der Waals surface area (Å²) in [6, 6.07) is 8.86. The van der Waals surface area contributed by atoms with E-state index in [-0.39, 0.29) is 6.04 Å². The molecule has 3 rings (SSSR count). The molecule has 0 spiro atoms. The number of nitrogens with one attached hydrogen (secondary N) is 1. The highest BCUT2D eigenvalue weighted by molar-refractivity contribution is 7.89. The second-order valence-corrected chi connectivity index (χ2v) is 7.85. The van der Waals surface area contributed by atoms with Crippen LogP contribution < -0.4 is 10.5 Å². The Morgan fingerprint density at radius 2 is 1.75 bits per heavy atom. The standard InChI is InChI=1S/C15H22N2O2S/c16-20(18,19)12-8-9-15(17-10-12)14-7-2-1-6-13(14)11-4-3-5-11/h1-2,6-7,11-12,15,17H,3-5,8-10H2,(H2,16,18,19). The van der Waals surface area contributed by atoms with Crippen molar-refractivity contribution in [3.8, 4) is 0 Å². The molecule has 20 heavy (non-hydrogen) atoms. The van der Waals surface area contributed by atoms with Gasteiger partial charge in [0.05, 0.1) is 5.25 Å². The van der Waals surface area contributed by atoms with E-state index in [9.17, 15) is 8.42 Å². The minimum Gasteiger partial charge on any atom is -0.309 e. The molecule has 0 radical (unpaired) electrons. The summed E-state index contributed by atoms with van der Waals surface area (Å²) in [5.74, 6) is 0.698. The number of hydrogen-bond acceptors (Lipinski definition) is 3. The summed E-state index contributed by atoms with van der Waals surface area (Å²) in [7, 11) is -3.41. The molecule has 0 aromatic heterocycles. The van der Waals surface area contributed by atoms with Crippen LogP contribution in [-0.4, -0.2) is 20.2 Å². The Kier molecular flexibility index (Phi) is 3.84. The molecule has 0 amide bonds. The van der Waals surface area contributed by atoms with Crippen LogP contribution in [0.15, 0.2) is 24.3 Å². The van der Waals surface area contributed by atoms with Gasteiger partial charge >= 0.3 is 0 Å². The second kappa shape index (κ2) is 5.47. The SMILES string of the molecule is NS(=O)(=O)C1CCC(c2ccccc2C2CCC2)NC1. The highest BCUT2D eigenvalue weighted by Gasteiger charge is 2.31.